The highest BCUT2D eigenvalue weighted by Gasteiger charge is 2.31. The molecule has 8 nitrogen and oxygen atoms in total. The number of rotatable bonds is 7. The van der Waals surface area contributed by atoms with Gasteiger partial charge >= 0.3 is 0 Å². The molecule has 9 heteroatoms. The summed E-state index contributed by atoms with van der Waals surface area (Å²) in [4.78, 5) is 35.9. The first-order valence-electron chi connectivity index (χ1n) is 11.6. The summed E-state index contributed by atoms with van der Waals surface area (Å²) in [7, 11) is 0. The molecule has 3 heterocycles. The van der Waals surface area contributed by atoms with E-state index in [0.29, 0.717) is 36.5 Å². The van der Waals surface area contributed by atoms with Crippen LogP contribution in [-0.2, 0) is 9.59 Å². The van der Waals surface area contributed by atoms with Gasteiger partial charge in [-0.2, -0.15) is 0 Å². The monoisotopic (exact) mass is 454 g/mol. The van der Waals surface area contributed by atoms with Crippen molar-refractivity contribution in [3.8, 4) is 5.69 Å². The highest BCUT2D eigenvalue weighted by atomic mass is 32.2. The molecular formula is C23H30N6O2S. The molecule has 2 amide bonds. The predicted molar refractivity (Wildman–Crippen MR) is 123 cm³/mol. The van der Waals surface area contributed by atoms with E-state index in [1.165, 1.54) is 11.8 Å². The molecule has 0 radical (unpaired) electrons. The number of aromatic nitrogens is 3. The third-order valence-electron chi connectivity index (χ3n) is 6.42. The first-order chi connectivity index (χ1) is 15.7. The third-order valence-corrected chi connectivity index (χ3v) is 7.25. The second kappa shape index (κ2) is 9.62. The number of para-hydroxylation sites is 1. The summed E-state index contributed by atoms with van der Waals surface area (Å²) in [6.07, 6.45) is 4.54. The maximum absolute atomic E-state index is 12.8. The van der Waals surface area contributed by atoms with Crippen molar-refractivity contribution >= 4 is 23.6 Å². The molecule has 1 aromatic carbocycles. The molecule has 0 atom stereocenters. The molecule has 3 aliphatic rings. The molecule has 0 spiro atoms. The summed E-state index contributed by atoms with van der Waals surface area (Å²) in [5.74, 6) is 2.16. The Morgan fingerprint density at radius 3 is 2.28 bits per heavy atom. The molecule has 0 unspecified atom stereocenters. The van der Waals surface area contributed by atoms with Gasteiger partial charge in [-0.3, -0.25) is 14.5 Å². The Labute approximate surface area is 192 Å². The minimum absolute atomic E-state index is 0.115. The maximum atomic E-state index is 12.8. The Balaban J connectivity index is 1.12. The number of nitrogens with zero attached hydrogens (tertiary/aromatic N) is 6. The fourth-order valence-corrected chi connectivity index (χ4v) is 5.09. The van der Waals surface area contributed by atoms with Gasteiger partial charge in [-0.1, -0.05) is 30.0 Å². The van der Waals surface area contributed by atoms with Crippen LogP contribution in [0.25, 0.3) is 5.69 Å². The van der Waals surface area contributed by atoms with Crippen molar-refractivity contribution in [3.63, 3.8) is 0 Å². The van der Waals surface area contributed by atoms with Crippen molar-refractivity contribution in [2.45, 2.75) is 36.8 Å². The van der Waals surface area contributed by atoms with Crippen LogP contribution in [0.2, 0.25) is 0 Å². The van der Waals surface area contributed by atoms with Gasteiger partial charge in [0.1, 0.15) is 5.82 Å². The number of likely N-dealkylation sites (tertiary alicyclic amines) is 1. The minimum atomic E-state index is 0.115. The van der Waals surface area contributed by atoms with Crippen LogP contribution in [0.15, 0.2) is 35.5 Å². The highest BCUT2D eigenvalue weighted by Crippen LogP contribution is 2.40. The van der Waals surface area contributed by atoms with Gasteiger partial charge in [0.2, 0.25) is 17.0 Å². The third kappa shape index (κ3) is 4.99. The quantitative estimate of drug-likeness (QED) is 0.596. The molecule has 0 N–H and O–H groups in total. The van der Waals surface area contributed by atoms with Gasteiger partial charge in [-0.05, 0) is 37.8 Å². The SMILES string of the molecule is O=C(CSc1nc(C2CC2)n(-c2ccccc2)n1)N1CCN(CC(=O)N2CCCC2)CC1. The number of benzene rings is 1. The van der Waals surface area contributed by atoms with Crippen molar-refractivity contribution in [2.75, 3.05) is 51.6 Å². The van der Waals surface area contributed by atoms with Gasteiger partial charge in [0, 0.05) is 45.2 Å². The zero-order valence-electron chi connectivity index (χ0n) is 18.4. The van der Waals surface area contributed by atoms with E-state index in [0.717, 1.165) is 63.4 Å². The summed E-state index contributed by atoms with van der Waals surface area (Å²) >= 11 is 1.42. The average Bonchev–Trinajstić information content (AvgIpc) is 3.34. The fourth-order valence-electron chi connectivity index (χ4n) is 4.36. The summed E-state index contributed by atoms with van der Waals surface area (Å²) in [6.45, 7) is 5.11. The largest absolute Gasteiger partial charge is 0.342 e. The standard InChI is InChI=1S/C23H30N6O2S/c30-20(27-10-4-5-11-27)16-26-12-14-28(15-13-26)21(31)17-32-23-24-22(18-8-9-18)29(25-23)19-6-2-1-3-7-19/h1-3,6-7,18H,4-5,8-17H2. The average molecular weight is 455 g/mol. The summed E-state index contributed by atoms with van der Waals surface area (Å²) in [5.41, 5.74) is 1.01. The smallest absolute Gasteiger partial charge is 0.236 e. The molecule has 32 heavy (non-hydrogen) atoms. The molecule has 1 aliphatic carbocycles. The van der Waals surface area contributed by atoms with Crippen LogP contribution in [0.3, 0.4) is 0 Å². The lowest BCUT2D eigenvalue weighted by molar-refractivity contribution is -0.133. The van der Waals surface area contributed by atoms with Gasteiger partial charge in [0.05, 0.1) is 18.0 Å². The van der Waals surface area contributed by atoms with E-state index in [1.54, 1.807) is 0 Å². The van der Waals surface area contributed by atoms with Gasteiger partial charge in [-0.25, -0.2) is 9.67 Å². The molecule has 3 fully saturated rings. The number of carbonyl (C=O) groups is 2. The second-order valence-electron chi connectivity index (χ2n) is 8.81. The normalized spacial score (nSPS) is 19.5. The van der Waals surface area contributed by atoms with E-state index in [1.807, 2.05) is 44.8 Å². The number of amides is 2. The molecule has 2 aliphatic heterocycles. The lowest BCUT2D eigenvalue weighted by atomic mass is 10.3. The highest BCUT2D eigenvalue weighted by molar-refractivity contribution is 7.99. The fraction of sp³-hybridized carbons (Fsp3) is 0.565. The van der Waals surface area contributed by atoms with Gasteiger partial charge < -0.3 is 9.80 Å². The Hall–Kier alpha value is -2.39. The number of carbonyl (C=O) groups excluding carboxylic acids is 2. The van der Waals surface area contributed by atoms with Crippen LogP contribution in [0.5, 0.6) is 0 Å². The summed E-state index contributed by atoms with van der Waals surface area (Å²) in [6, 6.07) is 10.1. The van der Waals surface area contributed by atoms with Crippen molar-refractivity contribution in [3.05, 3.63) is 36.2 Å². The molecule has 1 aromatic heterocycles. The predicted octanol–water partition coefficient (Wildman–Crippen LogP) is 2.00. The van der Waals surface area contributed by atoms with Crippen LogP contribution in [0, 0.1) is 0 Å². The molecule has 5 rings (SSSR count). The van der Waals surface area contributed by atoms with E-state index in [2.05, 4.69) is 10.00 Å². The molecule has 2 aromatic rings. The first-order valence-corrected chi connectivity index (χ1v) is 12.6. The van der Waals surface area contributed by atoms with Crippen molar-refractivity contribution < 1.29 is 9.59 Å². The van der Waals surface area contributed by atoms with Crippen molar-refractivity contribution in [1.29, 1.82) is 0 Å². The zero-order valence-corrected chi connectivity index (χ0v) is 19.2. The van der Waals surface area contributed by atoms with Crippen LogP contribution >= 0.6 is 11.8 Å². The molecule has 0 bridgehead atoms. The lowest BCUT2D eigenvalue weighted by Crippen LogP contribution is -2.51. The molecule has 2 saturated heterocycles. The Morgan fingerprint density at radius 2 is 1.59 bits per heavy atom. The van der Waals surface area contributed by atoms with E-state index >= 15 is 0 Å². The first kappa shape index (κ1) is 21.5. The number of thioether (sulfide) groups is 1. The van der Waals surface area contributed by atoms with Crippen LogP contribution in [0.1, 0.15) is 37.4 Å². The van der Waals surface area contributed by atoms with E-state index in [4.69, 9.17) is 4.98 Å². The van der Waals surface area contributed by atoms with E-state index < -0.39 is 0 Å². The number of piperazine rings is 1. The Bertz CT molecular complexity index is 947. The Morgan fingerprint density at radius 1 is 0.906 bits per heavy atom. The number of hydrogen-bond acceptors (Lipinski definition) is 6. The molecule has 170 valence electrons. The second-order valence-corrected chi connectivity index (χ2v) is 9.75. The topological polar surface area (TPSA) is 74.6 Å². The minimum Gasteiger partial charge on any atom is -0.342 e. The number of hydrogen-bond donors (Lipinski definition) is 0. The molecular weight excluding hydrogens is 424 g/mol. The maximum Gasteiger partial charge on any atom is 0.236 e. The lowest BCUT2D eigenvalue weighted by Gasteiger charge is -2.35. The summed E-state index contributed by atoms with van der Waals surface area (Å²) in [5, 5.41) is 5.35. The molecule has 1 saturated carbocycles. The van der Waals surface area contributed by atoms with Crippen molar-refractivity contribution in [2.24, 2.45) is 0 Å². The van der Waals surface area contributed by atoms with Gasteiger partial charge in [0.15, 0.2) is 0 Å². The zero-order chi connectivity index (χ0) is 21.9. The Kier molecular flexibility index (Phi) is 6.45. The van der Waals surface area contributed by atoms with Gasteiger partial charge in [-0.15, -0.1) is 5.10 Å². The van der Waals surface area contributed by atoms with Crippen LogP contribution < -0.4 is 0 Å². The van der Waals surface area contributed by atoms with E-state index in [-0.39, 0.29) is 11.8 Å². The van der Waals surface area contributed by atoms with Crippen molar-refractivity contribution in [1.82, 2.24) is 29.5 Å². The van der Waals surface area contributed by atoms with Crippen LogP contribution in [-0.4, -0.2) is 92.8 Å². The van der Waals surface area contributed by atoms with Gasteiger partial charge in [0.25, 0.3) is 0 Å². The summed E-state index contributed by atoms with van der Waals surface area (Å²) < 4.78 is 1.93. The van der Waals surface area contributed by atoms with Crippen LogP contribution in [0.4, 0.5) is 0 Å². The van der Waals surface area contributed by atoms with E-state index in [9.17, 15) is 9.59 Å².